The van der Waals surface area contributed by atoms with E-state index in [4.69, 9.17) is 11.6 Å². The summed E-state index contributed by atoms with van der Waals surface area (Å²) >= 11 is 5.93. The van der Waals surface area contributed by atoms with Crippen molar-refractivity contribution in [1.82, 2.24) is 0 Å². The van der Waals surface area contributed by atoms with Crippen LogP contribution in [-0.4, -0.2) is 0 Å². The molecule has 0 aliphatic heterocycles. The number of hydrogen-bond donors (Lipinski definition) is 0. The highest BCUT2D eigenvalue weighted by molar-refractivity contribution is 6.30. The first kappa shape index (κ1) is 6.97. The van der Waals surface area contributed by atoms with Gasteiger partial charge in [-0.15, -0.1) is 0 Å². The zero-order valence-electron chi connectivity index (χ0n) is 6.83. The molecule has 2 fully saturated rings. The second kappa shape index (κ2) is 2.26. The fraction of sp³-hybridized carbons (Fsp3) is 0.455. The fourth-order valence-electron chi connectivity index (χ4n) is 2.56. The van der Waals surface area contributed by atoms with Crippen molar-refractivity contribution in [3.63, 3.8) is 0 Å². The van der Waals surface area contributed by atoms with Gasteiger partial charge in [-0.2, -0.15) is 0 Å². The first-order valence-electron chi connectivity index (χ1n) is 4.62. The Morgan fingerprint density at radius 3 is 2.50 bits per heavy atom. The Hall–Kier alpha value is -0.490. The number of benzene rings is 1. The molecule has 1 heteroatoms. The van der Waals surface area contributed by atoms with Gasteiger partial charge in [0.1, 0.15) is 0 Å². The molecule has 2 unspecified atom stereocenters. The fourth-order valence-corrected chi connectivity index (χ4v) is 2.76. The van der Waals surface area contributed by atoms with Gasteiger partial charge in [0.15, 0.2) is 0 Å². The van der Waals surface area contributed by atoms with E-state index in [0.29, 0.717) is 0 Å². The molecule has 62 valence electrons. The number of hydrogen-bond acceptors (Lipinski definition) is 0. The summed E-state index contributed by atoms with van der Waals surface area (Å²) < 4.78 is 0. The molecule has 0 saturated heterocycles. The maximum Gasteiger partial charge on any atom is 0.0408 e. The summed E-state index contributed by atoms with van der Waals surface area (Å²) in [5, 5.41) is 0.888. The van der Waals surface area contributed by atoms with Crippen molar-refractivity contribution in [3.8, 4) is 0 Å². The average Bonchev–Trinajstić information content (AvgIpc) is 2.52. The minimum absolute atomic E-state index is 0.865. The van der Waals surface area contributed by atoms with Gasteiger partial charge in [-0.05, 0) is 48.3 Å². The molecule has 1 aromatic rings. The first-order chi connectivity index (χ1) is 5.86. The molecule has 2 saturated carbocycles. The van der Waals surface area contributed by atoms with Gasteiger partial charge in [0.2, 0.25) is 0 Å². The molecule has 3 rings (SSSR count). The molecule has 0 N–H and O–H groups in total. The minimum atomic E-state index is 0.865. The Morgan fingerprint density at radius 2 is 1.92 bits per heavy atom. The third kappa shape index (κ3) is 0.847. The molecule has 0 radical (unpaired) electrons. The molecule has 12 heavy (non-hydrogen) atoms. The van der Waals surface area contributed by atoms with Gasteiger partial charge < -0.3 is 0 Å². The van der Waals surface area contributed by atoms with Crippen LogP contribution in [0.2, 0.25) is 5.02 Å². The van der Waals surface area contributed by atoms with E-state index in [1.165, 1.54) is 18.4 Å². The smallest absolute Gasteiger partial charge is 0.0408 e. The SMILES string of the molecule is Clc1cccc(C2C3CCC32)c1. The van der Waals surface area contributed by atoms with Crippen molar-refractivity contribution in [1.29, 1.82) is 0 Å². The summed E-state index contributed by atoms with van der Waals surface area (Å²) in [5.41, 5.74) is 1.47. The lowest BCUT2D eigenvalue weighted by atomic mass is 10.0. The zero-order chi connectivity index (χ0) is 8.13. The monoisotopic (exact) mass is 178 g/mol. The molecule has 1 aromatic carbocycles. The normalized spacial score (nSPS) is 36.9. The van der Waals surface area contributed by atoms with Gasteiger partial charge in [0, 0.05) is 5.02 Å². The summed E-state index contributed by atoms with van der Waals surface area (Å²) in [5.74, 6) is 2.90. The van der Waals surface area contributed by atoms with Crippen molar-refractivity contribution in [2.45, 2.75) is 18.8 Å². The predicted octanol–water partition coefficient (Wildman–Crippen LogP) is 3.46. The summed E-state index contributed by atoms with van der Waals surface area (Å²) in [6.07, 6.45) is 2.89. The highest BCUT2D eigenvalue weighted by Gasteiger charge is 2.56. The van der Waals surface area contributed by atoms with Crippen molar-refractivity contribution in [2.24, 2.45) is 11.8 Å². The Balaban J connectivity index is 1.92. The molecule has 2 aliphatic carbocycles. The highest BCUT2D eigenvalue weighted by Crippen LogP contribution is 2.66. The molecule has 0 spiro atoms. The van der Waals surface area contributed by atoms with Crippen LogP contribution >= 0.6 is 11.6 Å². The Morgan fingerprint density at radius 1 is 1.17 bits per heavy atom. The van der Waals surface area contributed by atoms with Gasteiger partial charge in [-0.1, -0.05) is 23.7 Å². The molecule has 0 heterocycles. The zero-order valence-corrected chi connectivity index (χ0v) is 7.59. The van der Waals surface area contributed by atoms with Crippen molar-refractivity contribution >= 4 is 11.6 Å². The van der Waals surface area contributed by atoms with Crippen molar-refractivity contribution in [2.75, 3.05) is 0 Å². The van der Waals surface area contributed by atoms with E-state index in [0.717, 1.165) is 22.8 Å². The summed E-state index contributed by atoms with van der Waals surface area (Å²) in [4.78, 5) is 0. The summed E-state index contributed by atoms with van der Waals surface area (Å²) in [7, 11) is 0. The van der Waals surface area contributed by atoms with E-state index < -0.39 is 0 Å². The summed E-state index contributed by atoms with van der Waals surface area (Å²) in [6, 6.07) is 8.37. The number of halogens is 1. The maximum atomic E-state index is 5.93. The Labute approximate surface area is 77.5 Å². The molecular formula is C11H11Cl. The molecule has 2 atom stereocenters. The predicted molar refractivity (Wildman–Crippen MR) is 50.4 cm³/mol. The van der Waals surface area contributed by atoms with E-state index in [-0.39, 0.29) is 0 Å². The van der Waals surface area contributed by atoms with Crippen LogP contribution in [0.15, 0.2) is 24.3 Å². The van der Waals surface area contributed by atoms with E-state index >= 15 is 0 Å². The van der Waals surface area contributed by atoms with E-state index in [9.17, 15) is 0 Å². The van der Waals surface area contributed by atoms with Gasteiger partial charge in [0.05, 0.1) is 0 Å². The Kier molecular flexibility index (Phi) is 1.31. The van der Waals surface area contributed by atoms with Crippen LogP contribution in [0.4, 0.5) is 0 Å². The lowest BCUT2D eigenvalue weighted by molar-refractivity contribution is 0.468. The van der Waals surface area contributed by atoms with Gasteiger partial charge in [-0.3, -0.25) is 0 Å². The maximum absolute atomic E-state index is 5.93. The molecule has 0 nitrogen and oxygen atoms in total. The van der Waals surface area contributed by atoms with Crippen LogP contribution in [0.25, 0.3) is 0 Å². The number of rotatable bonds is 1. The second-order valence-electron chi connectivity index (χ2n) is 3.99. The standard InChI is InChI=1S/C11H11Cl/c12-8-3-1-2-7(6-8)11-9-4-5-10(9)11/h1-3,6,9-11H,4-5H2. The van der Waals surface area contributed by atoms with Crippen molar-refractivity contribution < 1.29 is 0 Å². The van der Waals surface area contributed by atoms with Gasteiger partial charge in [0.25, 0.3) is 0 Å². The third-order valence-corrected chi connectivity index (χ3v) is 3.63. The molecule has 0 amide bonds. The van der Waals surface area contributed by atoms with E-state index in [2.05, 4.69) is 18.2 Å². The lowest BCUT2D eigenvalue weighted by Crippen LogP contribution is -1.93. The molecule has 2 aliphatic rings. The van der Waals surface area contributed by atoms with Crippen LogP contribution in [0.1, 0.15) is 24.3 Å². The molecular weight excluding hydrogens is 168 g/mol. The van der Waals surface area contributed by atoms with Gasteiger partial charge in [-0.25, -0.2) is 0 Å². The van der Waals surface area contributed by atoms with E-state index in [1.807, 2.05) is 6.07 Å². The minimum Gasteiger partial charge on any atom is -0.0843 e. The van der Waals surface area contributed by atoms with Crippen molar-refractivity contribution in [3.05, 3.63) is 34.9 Å². The Bertz CT molecular complexity index is 309. The number of fused-ring (bicyclic) bond motifs is 1. The quantitative estimate of drug-likeness (QED) is 0.618. The first-order valence-corrected chi connectivity index (χ1v) is 4.99. The van der Waals surface area contributed by atoms with Crippen LogP contribution < -0.4 is 0 Å². The van der Waals surface area contributed by atoms with Crippen LogP contribution in [0.5, 0.6) is 0 Å². The largest absolute Gasteiger partial charge is 0.0843 e. The average molecular weight is 179 g/mol. The van der Waals surface area contributed by atoms with Crippen LogP contribution in [0, 0.1) is 11.8 Å². The summed E-state index contributed by atoms with van der Waals surface area (Å²) in [6.45, 7) is 0. The third-order valence-electron chi connectivity index (χ3n) is 3.40. The van der Waals surface area contributed by atoms with Crippen LogP contribution in [0.3, 0.4) is 0 Å². The van der Waals surface area contributed by atoms with Gasteiger partial charge >= 0.3 is 0 Å². The topological polar surface area (TPSA) is 0 Å². The van der Waals surface area contributed by atoms with Crippen LogP contribution in [-0.2, 0) is 0 Å². The van der Waals surface area contributed by atoms with E-state index in [1.54, 1.807) is 0 Å². The second-order valence-corrected chi connectivity index (χ2v) is 4.42. The highest BCUT2D eigenvalue weighted by atomic mass is 35.5. The lowest BCUT2D eigenvalue weighted by Gasteiger charge is -2.04. The molecule has 0 aromatic heterocycles. The molecule has 0 bridgehead atoms.